The molecule has 0 spiro atoms. The fourth-order valence-electron chi connectivity index (χ4n) is 1.66. The van der Waals surface area contributed by atoms with E-state index >= 15 is 0 Å². The van der Waals surface area contributed by atoms with Crippen molar-refractivity contribution in [1.29, 1.82) is 5.26 Å². The van der Waals surface area contributed by atoms with Crippen molar-refractivity contribution < 1.29 is 13.2 Å². The molecule has 1 aliphatic carbocycles. The minimum atomic E-state index is -3.49. The van der Waals surface area contributed by atoms with Gasteiger partial charge in [-0.3, -0.25) is 0 Å². The Hall–Kier alpha value is -0.640. The Bertz CT molecular complexity index is 347. The van der Waals surface area contributed by atoms with E-state index in [0.717, 1.165) is 12.8 Å². The molecule has 0 heterocycles. The summed E-state index contributed by atoms with van der Waals surface area (Å²) in [6.07, 6.45) is 2.46. The second-order valence-electron chi connectivity index (χ2n) is 3.80. The molecule has 6 heteroatoms. The van der Waals surface area contributed by atoms with E-state index in [1.165, 1.54) is 6.92 Å². The van der Waals surface area contributed by atoms with Crippen LogP contribution in [0.4, 0.5) is 0 Å². The van der Waals surface area contributed by atoms with E-state index in [9.17, 15) is 8.42 Å². The maximum absolute atomic E-state index is 11.5. The van der Waals surface area contributed by atoms with Crippen molar-refractivity contribution in [3.05, 3.63) is 0 Å². The van der Waals surface area contributed by atoms with Crippen LogP contribution in [0, 0.1) is 11.3 Å². The van der Waals surface area contributed by atoms with Crippen LogP contribution in [0.5, 0.6) is 0 Å². The SMILES string of the molecule is COC1CCC(NS(=O)(=O)C(C)C#N)C1. The average molecular weight is 232 g/mol. The predicted molar refractivity (Wildman–Crippen MR) is 55.6 cm³/mol. The number of nitrogens with one attached hydrogen (secondary N) is 1. The molecule has 1 rings (SSSR count). The Kier molecular flexibility index (Phi) is 4.08. The van der Waals surface area contributed by atoms with Gasteiger partial charge >= 0.3 is 0 Å². The third-order valence-corrected chi connectivity index (χ3v) is 4.39. The fraction of sp³-hybridized carbons (Fsp3) is 0.889. The lowest BCUT2D eigenvalue weighted by Gasteiger charge is -2.14. The summed E-state index contributed by atoms with van der Waals surface area (Å²) in [4.78, 5) is 0. The topological polar surface area (TPSA) is 79.2 Å². The van der Waals surface area contributed by atoms with Gasteiger partial charge in [-0.1, -0.05) is 0 Å². The van der Waals surface area contributed by atoms with Crippen LogP contribution in [0.25, 0.3) is 0 Å². The minimum absolute atomic E-state index is 0.0873. The zero-order valence-electron chi connectivity index (χ0n) is 8.93. The Morgan fingerprint density at radius 1 is 1.53 bits per heavy atom. The summed E-state index contributed by atoms with van der Waals surface area (Å²) in [5.74, 6) is 0. The summed E-state index contributed by atoms with van der Waals surface area (Å²) in [6, 6.07) is 1.64. The van der Waals surface area contributed by atoms with Crippen molar-refractivity contribution >= 4 is 10.0 Å². The summed E-state index contributed by atoms with van der Waals surface area (Å²) in [6.45, 7) is 1.38. The second kappa shape index (κ2) is 4.92. The molecule has 3 unspecified atom stereocenters. The first kappa shape index (κ1) is 12.4. The van der Waals surface area contributed by atoms with Crippen LogP contribution in [0.1, 0.15) is 26.2 Å². The monoisotopic (exact) mass is 232 g/mol. The molecule has 0 amide bonds. The molecule has 15 heavy (non-hydrogen) atoms. The lowest BCUT2D eigenvalue weighted by atomic mass is 10.3. The number of nitrogens with zero attached hydrogens (tertiary/aromatic N) is 1. The highest BCUT2D eigenvalue weighted by Crippen LogP contribution is 2.22. The fourth-order valence-corrected chi connectivity index (χ4v) is 2.69. The highest BCUT2D eigenvalue weighted by molar-refractivity contribution is 7.90. The van der Waals surface area contributed by atoms with Gasteiger partial charge < -0.3 is 4.74 Å². The Morgan fingerprint density at radius 3 is 2.67 bits per heavy atom. The van der Waals surface area contributed by atoms with Gasteiger partial charge in [0.1, 0.15) is 0 Å². The maximum Gasteiger partial charge on any atom is 0.227 e. The zero-order chi connectivity index (χ0) is 11.5. The van der Waals surface area contributed by atoms with E-state index in [4.69, 9.17) is 10.00 Å². The predicted octanol–water partition coefficient (Wildman–Crippen LogP) is 0.385. The first-order chi connectivity index (χ1) is 6.99. The van der Waals surface area contributed by atoms with Crippen LogP contribution in [-0.2, 0) is 14.8 Å². The molecule has 0 saturated heterocycles. The molecule has 0 aromatic rings. The van der Waals surface area contributed by atoms with Crippen molar-refractivity contribution in [2.75, 3.05) is 7.11 Å². The van der Waals surface area contributed by atoms with Gasteiger partial charge in [0.05, 0.1) is 12.2 Å². The van der Waals surface area contributed by atoms with Gasteiger partial charge in [-0.2, -0.15) is 5.26 Å². The normalized spacial score (nSPS) is 28.6. The van der Waals surface area contributed by atoms with Gasteiger partial charge in [-0.15, -0.1) is 0 Å². The largest absolute Gasteiger partial charge is 0.381 e. The van der Waals surface area contributed by atoms with Gasteiger partial charge in [-0.05, 0) is 26.2 Å². The van der Waals surface area contributed by atoms with Crippen LogP contribution in [-0.4, -0.2) is 32.9 Å². The lowest BCUT2D eigenvalue weighted by molar-refractivity contribution is 0.107. The van der Waals surface area contributed by atoms with Crippen LogP contribution in [0.3, 0.4) is 0 Å². The number of hydrogen-bond acceptors (Lipinski definition) is 4. The smallest absolute Gasteiger partial charge is 0.227 e. The maximum atomic E-state index is 11.5. The van der Waals surface area contributed by atoms with Crippen LogP contribution in [0.15, 0.2) is 0 Å². The van der Waals surface area contributed by atoms with E-state index in [2.05, 4.69) is 4.72 Å². The molecular weight excluding hydrogens is 216 g/mol. The van der Waals surface area contributed by atoms with Crippen molar-refractivity contribution in [1.82, 2.24) is 4.72 Å². The van der Waals surface area contributed by atoms with Gasteiger partial charge in [0.2, 0.25) is 10.0 Å². The molecule has 1 fully saturated rings. The van der Waals surface area contributed by atoms with E-state index in [0.29, 0.717) is 6.42 Å². The quantitative estimate of drug-likeness (QED) is 0.760. The van der Waals surface area contributed by atoms with Gasteiger partial charge in [0, 0.05) is 13.2 Å². The number of hydrogen-bond donors (Lipinski definition) is 1. The van der Waals surface area contributed by atoms with Crippen molar-refractivity contribution in [3.8, 4) is 6.07 Å². The summed E-state index contributed by atoms with van der Waals surface area (Å²) < 4.78 is 30.8. The molecule has 0 aromatic carbocycles. The molecule has 1 N–H and O–H groups in total. The number of nitriles is 1. The van der Waals surface area contributed by atoms with Crippen molar-refractivity contribution in [3.63, 3.8) is 0 Å². The van der Waals surface area contributed by atoms with Gasteiger partial charge in [0.25, 0.3) is 0 Å². The number of ether oxygens (including phenoxy) is 1. The number of sulfonamides is 1. The van der Waals surface area contributed by atoms with Crippen molar-refractivity contribution in [2.45, 2.75) is 43.6 Å². The molecule has 0 bridgehead atoms. The first-order valence-corrected chi connectivity index (χ1v) is 6.47. The Morgan fingerprint density at radius 2 is 2.20 bits per heavy atom. The van der Waals surface area contributed by atoms with E-state index in [1.807, 2.05) is 0 Å². The highest BCUT2D eigenvalue weighted by atomic mass is 32.2. The number of methoxy groups -OCH3 is 1. The van der Waals surface area contributed by atoms with E-state index in [1.54, 1.807) is 13.2 Å². The first-order valence-electron chi connectivity index (χ1n) is 4.93. The third kappa shape index (κ3) is 3.16. The standard InChI is InChI=1S/C9H16N2O3S/c1-7(6-10)15(12,13)11-8-3-4-9(5-8)14-2/h7-9,11H,3-5H2,1-2H3. The average Bonchev–Trinajstić information content (AvgIpc) is 2.63. The summed E-state index contributed by atoms with van der Waals surface area (Å²) >= 11 is 0. The van der Waals surface area contributed by atoms with Gasteiger partial charge in [-0.25, -0.2) is 13.1 Å². The summed E-state index contributed by atoms with van der Waals surface area (Å²) in [5, 5.41) is 7.55. The van der Waals surface area contributed by atoms with E-state index < -0.39 is 15.3 Å². The van der Waals surface area contributed by atoms with Crippen LogP contribution in [0.2, 0.25) is 0 Å². The Labute approximate surface area is 90.5 Å². The molecule has 0 radical (unpaired) electrons. The molecule has 1 saturated carbocycles. The molecular formula is C9H16N2O3S. The lowest BCUT2D eigenvalue weighted by Crippen LogP contribution is -2.38. The summed E-state index contributed by atoms with van der Waals surface area (Å²) in [7, 11) is -1.87. The minimum Gasteiger partial charge on any atom is -0.381 e. The van der Waals surface area contributed by atoms with Crippen LogP contribution >= 0.6 is 0 Å². The summed E-state index contributed by atoms with van der Waals surface area (Å²) in [5.41, 5.74) is 0. The van der Waals surface area contributed by atoms with Crippen LogP contribution < -0.4 is 4.72 Å². The Balaban J connectivity index is 2.54. The highest BCUT2D eigenvalue weighted by Gasteiger charge is 2.30. The molecule has 1 aliphatic rings. The zero-order valence-corrected chi connectivity index (χ0v) is 9.75. The van der Waals surface area contributed by atoms with Crippen molar-refractivity contribution in [2.24, 2.45) is 0 Å². The van der Waals surface area contributed by atoms with E-state index in [-0.39, 0.29) is 12.1 Å². The molecule has 3 atom stereocenters. The third-order valence-electron chi connectivity index (χ3n) is 2.70. The molecule has 86 valence electrons. The molecule has 0 aliphatic heterocycles. The number of rotatable bonds is 4. The van der Waals surface area contributed by atoms with Gasteiger partial charge in [0.15, 0.2) is 5.25 Å². The molecule has 0 aromatic heterocycles. The molecule has 5 nitrogen and oxygen atoms in total. The second-order valence-corrected chi connectivity index (χ2v) is 5.83.